The van der Waals surface area contributed by atoms with Gasteiger partial charge in [0.1, 0.15) is 5.69 Å². The van der Waals surface area contributed by atoms with Crippen molar-refractivity contribution in [1.82, 2.24) is 9.59 Å². The number of carbonyl (C=O) groups is 1. The summed E-state index contributed by atoms with van der Waals surface area (Å²) in [5.74, 6) is -0.0323. The maximum Gasteiger partial charge on any atom is 0.188 e. The van der Waals surface area contributed by atoms with Crippen molar-refractivity contribution in [3.05, 3.63) is 35.2 Å². The number of nitrogens with zero attached hydrogens (tertiary/aromatic N) is 2. The van der Waals surface area contributed by atoms with E-state index in [0.717, 1.165) is 5.56 Å². The molecule has 0 aliphatic carbocycles. The molecule has 0 N–H and O–H groups in total. The molecule has 2 aromatic rings. The minimum absolute atomic E-state index is 0.0323. The molecule has 5 heteroatoms. The van der Waals surface area contributed by atoms with Crippen LogP contribution in [0.25, 0.3) is 0 Å². The van der Waals surface area contributed by atoms with Crippen molar-refractivity contribution in [3.8, 4) is 0 Å². The Labute approximate surface area is 78.4 Å². The normalized spacial score (nSPS) is 10.2. The molecule has 0 fully saturated rings. The fourth-order valence-corrected chi connectivity index (χ4v) is 1.42. The summed E-state index contributed by atoms with van der Waals surface area (Å²) < 4.78 is 8.47. The van der Waals surface area contributed by atoms with Gasteiger partial charge in [-0.25, -0.2) is 0 Å². The van der Waals surface area contributed by atoms with Crippen molar-refractivity contribution in [3.63, 3.8) is 0 Å². The molecule has 13 heavy (non-hydrogen) atoms. The van der Waals surface area contributed by atoms with Crippen LogP contribution >= 0.6 is 11.5 Å². The van der Waals surface area contributed by atoms with Crippen molar-refractivity contribution in [1.29, 1.82) is 0 Å². The molecule has 0 aliphatic rings. The lowest BCUT2D eigenvalue weighted by molar-refractivity contribution is 0.0988. The largest absolute Gasteiger partial charge is 0.472 e. The standard InChI is InChI=1S/C8H6N2O2S/c11-8(7-5-13-10-9-7)3-6-1-2-12-4-6/h1-2,4-5H,3H2. The second kappa shape index (κ2) is 3.49. The molecule has 0 aromatic carbocycles. The van der Waals surface area contributed by atoms with Crippen molar-refractivity contribution in [2.45, 2.75) is 6.42 Å². The maximum absolute atomic E-state index is 11.4. The predicted molar refractivity (Wildman–Crippen MR) is 46.7 cm³/mol. The van der Waals surface area contributed by atoms with E-state index in [0.29, 0.717) is 12.1 Å². The number of hydrogen-bond donors (Lipinski definition) is 0. The highest BCUT2D eigenvalue weighted by Gasteiger charge is 2.09. The maximum atomic E-state index is 11.4. The van der Waals surface area contributed by atoms with Gasteiger partial charge in [0.15, 0.2) is 5.78 Å². The highest BCUT2D eigenvalue weighted by Crippen LogP contribution is 2.06. The zero-order valence-corrected chi connectivity index (χ0v) is 7.45. The van der Waals surface area contributed by atoms with Gasteiger partial charge < -0.3 is 4.42 Å². The quantitative estimate of drug-likeness (QED) is 0.696. The second-order valence-corrected chi connectivity index (χ2v) is 3.13. The van der Waals surface area contributed by atoms with Crippen LogP contribution in [-0.2, 0) is 6.42 Å². The number of furan rings is 1. The number of rotatable bonds is 3. The first-order valence-corrected chi connectivity index (χ1v) is 4.51. The van der Waals surface area contributed by atoms with Gasteiger partial charge in [-0.2, -0.15) is 0 Å². The Kier molecular flexibility index (Phi) is 2.18. The molecule has 2 heterocycles. The first-order valence-electron chi connectivity index (χ1n) is 3.67. The molecule has 0 atom stereocenters. The first kappa shape index (κ1) is 8.12. The molecule has 0 radical (unpaired) electrons. The van der Waals surface area contributed by atoms with Crippen molar-refractivity contribution in [2.75, 3.05) is 0 Å². The van der Waals surface area contributed by atoms with E-state index in [1.807, 2.05) is 0 Å². The molecule has 2 rings (SSSR count). The molecular formula is C8H6N2O2S. The molecular weight excluding hydrogens is 188 g/mol. The molecule has 0 saturated heterocycles. The molecule has 2 aromatic heterocycles. The van der Waals surface area contributed by atoms with E-state index in [2.05, 4.69) is 9.59 Å². The molecule has 0 spiro atoms. The summed E-state index contributed by atoms with van der Waals surface area (Å²) >= 11 is 1.18. The number of Topliss-reactive ketones (excluding diaryl/α,β-unsaturated/α-hetero) is 1. The van der Waals surface area contributed by atoms with Crippen LogP contribution < -0.4 is 0 Å². The summed E-state index contributed by atoms with van der Waals surface area (Å²) in [5, 5.41) is 5.33. The van der Waals surface area contributed by atoms with Gasteiger partial charge in [0.25, 0.3) is 0 Å². The monoisotopic (exact) mass is 194 g/mol. The van der Waals surface area contributed by atoms with Crippen molar-refractivity contribution in [2.24, 2.45) is 0 Å². The first-order chi connectivity index (χ1) is 6.36. The Balaban J connectivity index is 2.08. The van der Waals surface area contributed by atoms with Crippen molar-refractivity contribution >= 4 is 17.3 Å². The van der Waals surface area contributed by atoms with Crippen LogP contribution in [-0.4, -0.2) is 15.4 Å². The topological polar surface area (TPSA) is 56.0 Å². The van der Waals surface area contributed by atoms with E-state index < -0.39 is 0 Å². The Morgan fingerprint density at radius 2 is 2.54 bits per heavy atom. The van der Waals surface area contributed by atoms with Crippen LogP contribution in [0.5, 0.6) is 0 Å². The number of hydrogen-bond acceptors (Lipinski definition) is 5. The van der Waals surface area contributed by atoms with Crippen LogP contribution in [0.4, 0.5) is 0 Å². The molecule has 4 nitrogen and oxygen atoms in total. The minimum Gasteiger partial charge on any atom is -0.472 e. The molecule has 0 bridgehead atoms. The van der Waals surface area contributed by atoms with Gasteiger partial charge in [-0.15, -0.1) is 5.10 Å². The lowest BCUT2D eigenvalue weighted by Gasteiger charge is -1.90. The van der Waals surface area contributed by atoms with Gasteiger partial charge in [0.2, 0.25) is 0 Å². The zero-order valence-electron chi connectivity index (χ0n) is 6.64. The Morgan fingerprint density at radius 1 is 1.62 bits per heavy atom. The summed E-state index contributed by atoms with van der Waals surface area (Å²) in [6.45, 7) is 0. The summed E-state index contributed by atoms with van der Waals surface area (Å²) in [7, 11) is 0. The van der Waals surface area contributed by atoms with Gasteiger partial charge in [0.05, 0.1) is 12.5 Å². The number of carbonyl (C=O) groups excluding carboxylic acids is 1. The van der Waals surface area contributed by atoms with E-state index in [-0.39, 0.29) is 5.78 Å². The smallest absolute Gasteiger partial charge is 0.188 e. The van der Waals surface area contributed by atoms with Crippen LogP contribution in [0, 0.1) is 0 Å². The van der Waals surface area contributed by atoms with Gasteiger partial charge in [-0.05, 0) is 23.2 Å². The van der Waals surface area contributed by atoms with Crippen LogP contribution in [0.15, 0.2) is 28.4 Å². The van der Waals surface area contributed by atoms with E-state index >= 15 is 0 Å². The molecule has 0 unspecified atom stereocenters. The predicted octanol–water partition coefficient (Wildman–Crippen LogP) is 1.56. The zero-order chi connectivity index (χ0) is 9.10. The minimum atomic E-state index is -0.0323. The molecule has 0 saturated carbocycles. The average molecular weight is 194 g/mol. The van der Waals surface area contributed by atoms with Gasteiger partial charge in [-0.1, -0.05) is 4.49 Å². The lowest BCUT2D eigenvalue weighted by Crippen LogP contribution is -2.02. The Hall–Kier alpha value is -1.49. The molecule has 66 valence electrons. The number of ketones is 1. The third-order valence-electron chi connectivity index (χ3n) is 1.59. The highest BCUT2D eigenvalue weighted by molar-refractivity contribution is 7.03. The Bertz CT molecular complexity index is 380. The van der Waals surface area contributed by atoms with Crippen LogP contribution in [0.1, 0.15) is 16.1 Å². The van der Waals surface area contributed by atoms with Crippen LogP contribution in [0.2, 0.25) is 0 Å². The highest BCUT2D eigenvalue weighted by atomic mass is 32.1. The summed E-state index contributed by atoms with van der Waals surface area (Å²) in [6.07, 6.45) is 3.42. The summed E-state index contributed by atoms with van der Waals surface area (Å²) in [4.78, 5) is 11.4. The fourth-order valence-electron chi connectivity index (χ4n) is 0.955. The second-order valence-electron chi connectivity index (χ2n) is 2.52. The average Bonchev–Trinajstić information content (AvgIpc) is 2.74. The SMILES string of the molecule is O=C(Cc1ccoc1)c1csnn1. The van der Waals surface area contributed by atoms with Gasteiger partial charge in [-0.3, -0.25) is 4.79 Å². The third kappa shape index (κ3) is 1.81. The summed E-state index contributed by atoms with van der Waals surface area (Å²) in [6, 6.07) is 1.76. The molecule has 0 amide bonds. The van der Waals surface area contributed by atoms with Gasteiger partial charge >= 0.3 is 0 Å². The van der Waals surface area contributed by atoms with E-state index in [1.54, 1.807) is 24.0 Å². The van der Waals surface area contributed by atoms with E-state index in [4.69, 9.17) is 4.42 Å². The van der Waals surface area contributed by atoms with Gasteiger partial charge in [0, 0.05) is 11.8 Å². The van der Waals surface area contributed by atoms with Crippen molar-refractivity contribution < 1.29 is 9.21 Å². The van der Waals surface area contributed by atoms with E-state index in [1.165, 1.54) is 11.5 Å². The van der Waals surface area contributed by atoms with E-state index in [9.17, 15) is 4.79 Å². The van der Waals surface area contributed by atoms with Crippen LogP contribution in [0.3, 0.4) is 0 Å². The summed E-state index contributed by atoms with van der Waals surface area (Å²) in [5.41, 5.74) is 1.28. The number of aromatic nitrogens is 2. The fraction of sp³-hybridized carbons (Fsp3) is 0.125. The Morgan fingerprint density at radius 3 is 3.15 bits per heavy atom. The lowest BCUT2D eigenvalue weighted by atomic mass is 10.1. The molecule has 0 aliphatic heterocycles. The third-order valence-corrected chi connectivity index (χ3v) is 2.10.